The van der Waals surface area contributed by atoms with Crippen LogP contribution < -0.4 is 10.0 Å². The van der Waals surface area contributed by atoms with Gasteiger partial charge in [0.1, 0.15) is 0 Å². The number of sulfonamides is 1. The first-order valence-electron chi connectivity index (χ1n) is 7.97. The predicted molar refractivity (Wildman–Crippen MR) is 91.6 cm³/mol. The van der Waals surface area contributed by atoms with Crippen LogP contribution in [0.1, 0.15) is 36.0 Å². The van der Waals surface area contributed by atoms with Gasteiger partial charge >= 0.3 is 6.18 Å². The van der Waals surface area contributed by atoms with Crippen molar-refractivity contribution in [1.29, 1.82) is 5.26 Å². The maximum Gasteiger partial charge on any atom is 0.394 e. The number of anilines is 1. The number of alkyl halides is 3. The van der Waals surface area contributed by atoms with Crippen LogP contribution in [0.25, 0.3) is 0 Å². The van der Waals surface area contributed by atoms with Gasteiger partial charge in [-0.1, -0.05) is 11.6 Å². The number of nitrogens with zero attached hydrogens (tertiary/aromatic N) is 1. The van der Waals surface area contributed by atoms with Crippen molar-refractivity contribution >= 4 is 33.2 Å². The largest absolute Gasteiger partial charge is 0.394 e. The Morgan fingerprint density at radius 3 is 2.48 bits per heavy atom. The van der Waals surface area contributed by atoms with Gasteiger partial charge in [-0.15, -0.1) is 0 Å². The molecule has 3 saturated carbocycles. The molecule has 0 saturated heterocycles. The number of hydrogen-bond donors (Lipinski definition) is 2. The third-order valence-corrected chi connectivity index (χ3v) is 6.49. The van der Waals surface area contributed by atoms with E-state index in [-0.39, 0.29) is 42.0 Å². The van der Waals surface area contributed by atoms with E-state index in [9.17, 15) is 26.4 Å². The highest BCUT2D eigenvalue weighted by molar-refractivity contribution is 7.92. The molecule has 3 fully saturated rings. The lowest BCUT2D eigenvalue weighted by Crippen LogP contribution is -2.78. The number of hydrogen-bond acceptors (Lipinski definition) is 4. The number of nitrogens with one attached hydrogen (secondary N) is 2. The number of benzene rings is 1. The molecule has 3 aliphatic rings. The Balaban J connectivity index is 1.75. The first-order valence-corrected chi connectivity index (χ1v) is 10.0. The molecule has 1 aromatic rings. The Morgan fingerprint density at radius 2 is 1.93 bits per heavy atom. The third-order valence-electron chi connectivity index (χ3n) is 4.98. The Kier molecular flexibility index (Phi) is 4.59. The minimum absolute atomic E-state index is 0.0491. The number of carbonyl (C=O) groups excluding carboxylic acids is 1. The second-order valence-electron chi connectivity index (χ2n) is 7.06. The molecule has 2 N–H and O–H groups in total. The fraction of sp³-hybridized carbons (Fsp3) is 0.500. The molecule has 0 spiro atoms. The van der Waals surface area contributed by atoms with Gasteiger partial charge in [0, 0.05) is 10.6 Å². The lowest BCUT2D eigenvalue weighted by atomic mass is 9.39. The molecule has 0 aromatic heterocycles. The van der Waals surface area contributed by atoms with Crippen LogP contribution in [-0.2, 0) is 10.0 Å². The molecular weight excluding hydrogens is 407 g/mol. The van der Waals surface area contributed by atoms with Gasteiger partial charge in [0.05, 0.1) is 34.9 Å². The molecule has 146 valence electrons. The maximum absolute atomic E-state index is 12.9. The Morgan fingerprint density at radius 1 is 1.30 bits per heavy atom. The van der Waals surface area contributed by atoms with Gasteiger partial charge < -0.3 is 5.32 Å². The van der Waals surface area contributed by atoms with Gasteiger partial charge in [-0.3, -0.25) is 9.52 Å². The highest BCUT2D eigenvalue weighted by Crippen LogP contribution is 2.73. The summed E-state index contributed by atoms with van der Waals surface area (Å²) in [7, 11) is -3.86. The van der Waals surface area contributed by atoms with Crippen molar-refractivity contribution < 1.29 is 26.4 Å². The predicted octanol–water partition coefficient (Wildman–Crippen LogP) is 3.21. The van der Waals surface area contributed by atoms with Crippen molar-refractivity contribution in [2.45, 2.75) is 37.4 Å². The fourth-order valence-corrected chi connectivity index (χ4v) is 4.87. The average molecular weight is 422 g/mol. The van der Waals surface area contributed by atoms with Crippen LogP contribution in [0.5, 0.6) is 0 Å². The minimum Gasteiger partial charge on any atom is -0.346 e. The number of rotatable bonds is 6. The molecule has 0 aliphatic heterocycles. The smallest absolute Gasteiger partial charge is 0.346 e. The van der Waals surface area contributed by atoms with Crippen molar-refractivity contribution in [2.75, 3.05) is 10.5 Å². The molecule has 1 aromatic carbocycles. The Hall–Kier alpha value is -1.99. The summed E-state index contributed by atoms with van der Waals surface area (Å²) in [6, 6.07) is 5.62. The number of nitriles is 1. The normalized spacial score (nSPS) is 26.3. The SMILES string of the molecule is N#CCCS(=O)(=O)Nc1ccc(Cl)cc1C(=O)NC12CC(C(F)(F)F)(C1)C2. The van der Waals surface area contributed by atoms with Crippen molar-refractivity contribution in [2.24, 2.45) is 5.41 Å². The highest BCUT2D eigenvalue weighted by atomic mass is 35.5. The molecule has 0 atom stereocenters. The second-order valence-corrected chi connectivity index (χ2v) is 9.34. The molecule has 0 heterocycles. The lowest BCUT2D eigenvalue weighted by molar-refractivity contribution is -0.336. The van der Waals surface area contributed by atoms with Crippen LogP contribution in [0, 0.1) is 16.7 Å². The number of halogens is 4. The second kappa shape index (κ2) is 6.27. The van der Waals surface area contributed by atoms with Crippen LogP contribution in [-0.4, -0.2) is 31.8 Å². The zero-order chi connectivity index (χ0) is 20.1. The quantitative estimate of drug-likeness (QED) is 0.736. The van der Waals surface area contributed by atoms with Gasteiger partial charge in [0.15, 0.2) is 0 Å². The van der Waals surface area contributed by atoms with E-state index in [0.717, 1.165) is 0 Å². The first kappa shape index (κ1) is 19.8. The molecule has 1 amide bonds. The molecule has 11 heteroatoms. The van der Waals surface area contributed by atoms with E-state index in [0.29, 0.717) is 0 Å². The molecule has 4 rings (SSSR count). The van der Waals surface area contributed by atoms with E-state index in [2.05, 4.69) is 10.0 Å². The monoisotopic (exact) mass is 421 g/mol. The Labute approximate surface area is 158 Å². The topological polar surface area (TPSA) is 99.1 Å². The van der Waals surface area contributed by atoms with Crippen LogP contribution in [0.15, 0.2) is 18.2 Å². The van der Waals surface area contributed by atoms with Crippen LogP contribution in [0.4, 0.5) is 18.9 Å². The fourth-order valence-electron chi connectivity index (χ4n) is 3.72. The van der Waals surface area contributed by atoms with Crippen molar-refractivity contribution in [1.82, 2.24) is 5.32 Å². The molecule has 0 unspecified atom stereocenters. The van der Waals surface area contributed by atoms with Crippen molar-refractivity contribution in [3.63, 3.8) is 0 Å². The summed E-state index contributed by atoms with van der Waals surface area (Å²) in [5.41, 5.74) is -2.76. The Bertz CT molecular complexity index is 921. The number of carbonyl (C=O) groups is 1. The molecule has 2 bridgehead atoms. The standard InChI is InChI=1S/C16H15ClF3N3O3S/c17-10-2-3-12(23-27(25,26)5-1-4-21)11(6-10)13(24)22-15-7-14(8-15,9-15)16(18,19)20/h2-3,6,23H,1,5,7-9H2,(H,22,24). The van der Waals surface area contributed by atoms with E-state index >= 15 is 0 Å². The summed E-state index contributed by atoms with van der Waals surface area (Å²) < 4.78 is 65.0. The summed E-state index contributed by atoms with van der Waals surface area (Å²) in [6.45, 7) is 0. The molecule has 27 heavy (non-hydrogen) atoms. The van der Waals surface area contributed by atoms with Gasteiger partial charge in [-0.2, -0.15) is 18.4 Å². The van der Waals surface area contributed by atoms with Crippen molar-refractivity contribution in [3.05, 3.63) is 28.8 Å². The summed E-state index contributed by atoms with van der Waals surface area (Å²) in [6.07, 6.45) is -5.07. The summed E-state index contributed by atoms with van der Waals surface area (Å²) in [5.74, 6) is -1.16. The highest BCUT2D eigenvalue weighted by Gasteiger charge is 2.79. The van der Waals surface area contributed by atoms with Crippen molar-refractivity contribution in [3.8, 4) is 6.07 Å². The summed E-state index contributed by atoms with van der Waals surface area (Å²) in [4.78, 5) is 12.6. The van der Waals surface area contributed by atoms with E-state index in [1.165, 1.54) is 18.2 Å². The van der Waals surface area contributed by atoms with Gasteiger partial charge in [-0.05, 0) is 37.5 Å². The average Bonchev–Trinajstić information content (AvgIpc) is 2.47. The van der Waals surface area contributed by atoms with E-state index in [1.807, 2.05) is 0 Å². The molecule has 6 nitrogen and oxygen atoms in total. The lowest BCUT2D eigenvalue weighted by Gasteiger charge is -2.70. The van der Waals surface area contributed by atoms with Crippen LogP contribution >= 0.6 is 11.6 Å². The minimum atomic E-state index is -4.29. The van der Waals surface area contributed by atoms with Gasteiger partial charge in [-0.25, -0.2) is 8.42 Å². The van der Waals surface area contributed by atoms with Crippen LogP contribution in [0.2, 0.25) is 5.02 Å². The van der Waals surface area contributed by atoms with E-state index < -0.39 is 38.8 Å². The summed E-state index contributed by atoms with van der Waals surface area (Å²) >= 11 is 5.88. The zero-order valence-electron chi connectivity index (χ0n) is 13.9. The number of amides is 1. The third kappa shape index (κ3) is 3.58. The van der Waals surface area contributed by atoms with Gasteiger partial charge in [0.2, 0.25) is 10.0 Å². The van der Waals surface area contributed by atoms with Gasteiger partial charge in [0.25, 0.3) is 5.91 Å². The molecule has 0 radical (unpaired) electrons. The molecular formula is C16H15ClF3N3O3S. The summed E-state index contributed by atoms with van der Waals surface area (Å²) in [5, 5.41) is 11.3. The van der Waals surface area contributed by atoms with E-state index in [1.54, 1.807) is 6.07 Å². The first-order chi connectivity index (χ1) is 12.4. The van der Waals surface area contributed by atoms with Crippen LogP contribution in [0.3, 0.4) is 0 Å². The maximum atomic E-state index is 12.9. The molecule has 3 aliphatic carbocycles. The zero-order valence-corrected chi connectivity index (χ0v) is 15.4. The van der Waals surface area contributed by atoms with E-state index in [4.69, 9.17) is 16.9 Å².